The number of hydrogen-bond acceptors (Lipinski definition) is 5. The highest BCUT2D eigenvalue weighted by molar-refractivity contribution is 7.99. The van der Waals surface area contributed by atoms with Crippen LogP contribution in [0.4, 0.5) is 0 Å². The Kier molecular flexibility index (Phi) is 4.61. The molecule has 2 aliphatic rings. The smallest absolute Gasteiger partial charge is 0.317 e. The van der Waals surface area contributed by atoms with Gasteiger partial charge in [0.2, 0.25) is 5.91 Å². The number of fused-ring (bicyclic) bond motifs is 1. The molecule has 2 N–H and O–H groups in total. The summed E-state index contributed by atoms with van der Waals surface area (Å²) in [5, 5.41) is 19.1. The summed E-state index contributed by atoms with van der Waals surface area (Å²) < 4.78 is 0. The van der Waals surface area contributed by atoms with E-state index in [-0.39, 0.29) is 31.0 Å². The van der Waals surface area contributed by atoms with E-state index in [0.29, 0.717) is 6.54 Å². The number of benzene rings is 1. The molecule has 0 unspecified atom stereocenters. The Morgan fingerprint density at radius 1 is 1.35 bits per heavy atom. The minimum absolute atomic E-state index is 0.0210. The van der Waals surface area contributed by atoms with Crippen LogP contribution in [0.1, 0.15) is 11.5 Å². The van der Waals surface area contributed by atoms with Crippen molar-refractivity contribution < 1.29 is 19.8 Å². The number of aliphatic hydroxyl groups is 1. The van der Waals surface area contributed by atoms with Crippen LogP contribution in [0.15, 0.2) is 29.2 Å². The zero-order valence-electron chi connectivity index (χ0n) is 12.9. The van der Waals surface area contributed by atoms with Crippen LogP contribution in [-0.4, -0.2) is 76.5 Å². The largest absolute Gasteiger partial charge is 0.480 e. The summed E-state index contributed by atoms with van der Waals surface area (Å²) in [5.41, 5.74) is 1.05. The molecule has 1 fully saturated rings. The summed E-state index contributed by atoms with van der Waals surface area (Å²) >= 11 is 1.68. The number of rotatable bonds is 4. The second-order valence-electron chi connectivity index (χ2n) is 6.09. The normalized spacial score (nSPS) is 26.6. The third kappa shape index (κ3) is 3.22. The zero-order chi connectivity index (χ0) is 16.6. The van der Waals surface area contributed by atoms with E-state index >= 15 is 0 Å². The first-order valence-electron chi connectivity index (χ1n) is 7.58. The molecule has 1 amide bonds. The number of carboxylic acids is 1. The molecule has 6 nitrogen and oxygen atoms in total. The first-order chi connectivity index (χ1) is 11.0. The highest BCUT2D eigenvalue weighted by atomic mass is 32.2. The van der Waals surface area contributed by atoms with Crippen LogP contribution < -0.4 is 0 Å². The summed E-state index contributed by atoms with van der Waals surface area (Å²) in [6.45, 7) is 0.482. The van der Waals surface area contributed by atoms with Gasteiger partial charge in [0.15, 0.2) is 0 Å². The van der Waals surface area contributed by atoms with Crippen molar-refractivity contribution in [3.05, 3.63) is 29.8 Å². The van der Waals surface area contributed by atoms with Gasteiger partial charge in [-0.25, -0.2) is 0 Å². The fraction of sp³-hybridized carbons (Fsp3) is 0.500. The van der Waals surface area contributed by atoms with Crippen LogP contribution in [0, 0.1) is 0 Å². The van der Waals surface area contributed by atoms with Gasteiger partial charge in [-0.3, -0.25) is 14.5 Å². The van der Waals surface area contributed by atoms with Crippen LogP contribution >= 0.6 is 11.8 Å². The summed E-state index contributed by atoms with van der Waals surface area (Å²) in [4.78, 5) is 28.0. The lowest BCUT2D eigenvalue weighted by molar-refractivity contribution is -0.138. The number of carboxylic acid groups (broad SMARTS) is 1. The Bertz CT molecular complexity index is 624. The third-order valence-electron chi connectivity index (χ3n) is 4.52. The monoisotopic (exact) mass is 336 g/mol. The standard InChI is InChI=1S/C16H20N2O4S/c1-17(8-15(20)21)12-6-18(7-13(12)19)16(22)11-9-23-14-5-3-2-4-10(11)14/h2-5,11-13,19H,6-9H2,1H3,(H,20,21)/t11-,12+,13-/m1/s1. The predicted molar refractivity (Wildman–Crippen MR) is 86.5 cm³/mol. The lowest BCUT2D eigenvalue weighted by atomic mass is 10.00. The number of nitrogens with zero attached hydrogens (tertiary/aromatic N) is 2. The lowest BCUT2D eigenvalue weighted by Crippen LogP contribution is -2.43. The van der Waals surface area contributed by atoms with Crippen LogP contribution in [0.3, 0.4) is 0 Å². The molecule has 23 heavy (non-hydrogen) atoms. The van der Waals surface area contributed by atoms with Crippen molar-refractivity contribution in [1.29, 1.82) is 0 Å². The Labute approximate surface area is 139 Å². The van der Waals surface area contributed by atoms with Crippen molar-refractivity contribution in [3.8, 4) is 0 Å². The van der Waals surface area contributed by atoms with E-state index in [9.17, 15) is 14.7 Å². The van der Waals surface area contributed by atoms with Crippen molar-refractivity contribution in [2.45, 2.75) is 23.0 Å². The van der Waals surface area contributed by atoms with Crippen LogP contribution in [0.5, 0.6) is 0 Å². The van der Waals surface area contributed by atoms with Gasteiger partial charge in [0.05, 0.1) is 24.6 Å². The minimum atomic E-state index is -0.939. The van der Waals surface area contributed by atoms with E-state index in [1.165, 1.54) is 0 Å². The van der Waals surface area contributed by atoms with E-state index in [1.807, 2.05) is 24.3 Å². The maximum absolute atomic E-state index is 12.8. The first kappa shape index (κ1) is 16.3. The average molecular weight is 336 g/mol. The molecule has 124 valence electrons. The van der Waals surface area contributed by atoms with Gasteiger partial charge in [0.25, 0.3) is 0 Å². The summed E-state index contributed by atoms with van der Waals surface area (Å²) in [5.74, 6) is -0.370. The van der Waals surface area contributed by atoms with Crippen LogP contribution in [0.2, 0.25) is 0 Å². The van der Waals surface area contributed by atoms with Gasteiger partial charge in [-0.2, -0.15) is 0 Å². The van der Waals surface area contributed by atoms with Gasteiger partial charge >= 0.3 is 5.97 Å². The molecule has 1 saturated heterocycles. The van der Waals surface area contributed by atoms with Crippen LogP contribution in [0.25, 0.3) is 0 Å². The number of likely N-dealkylation sites (tertiary alicyclic amines) is 1. The summed E-state index contributed by atoms with van der Waals surface area (Å²) in [7, 11) is 1.66. The molecule has 7 heteroatoms. The number of thioether (sulfide) groups is 1. The number of aliphatic hydroxyl groups excluding tert-OH is 1. The van der Waals surface area contributed by atoms with Crippen molar-refractivity contribution in [3.63, 3.8) is 0 Å². The van der Waals surface area contributed by atoms with Gasteiger partial charge in [-0.15, -0.1) is 11.8 Å². The Hall–Kier alpha value is -1.57. The quantitative estimate of drug-likeness (QED) is 0.832. The van der Waals surface area contributed by atoms with E-state index in [1.54, 1.807) is 28.6 Å². The summed E-state index contributed by atoms with van der Waals surface area (Å²) in [6.07, 6.45) is -0.715. The minimum Gasteiger partial charge on any atom is -0.480 e. The Balaban J connectivity index is 1.69. The predicted octanol–water partition coefficient (Wildman–Crippen LogP) is 0.464. The zero-order valence-corrected chi connectivity index (χ0v) is 13.7. The fourth-order valence-electron chi connectivity index (χ4n) is 3.30. The van der Waals surface area contributed by atoms with E-state index in [2.05, 4.69) is 0 Å². The molecule has 0 bridgehead atoms. The van der Waals surface area contributed by atoms with E-state index < -0.39 is 12.1 Å². The maximum Gasteiger partial charge on any atom is 0.317 e. The second-order valence-corrected chi connectivity index (χ2v) is 7.15. The second kappa shape index (κ2) is 6.51. The van der Waals surface area contributed by atoms with Gasteiger partial charge in [-0.05, 0) is 18.7 Å². The Morgan fingerprint density at radius 2 is 2.09 bits per heavy atom. The molecular formula is C16H20N2O4S. The van der Waals surface area contributed by atoms with E-state index in [4.69, 9.17) is 5.11 Å². The SMILES string of the molecule is CN(CC(=O)O)[C@H]1CN(C(=O)[C@@H]2CSc3ccccc32)C[C@H]1O. The molecule has 0 aromatic heterocycles. The fourth-order valence-corrected chi connectivity index (χ4v) is 4.52. The van der Waals surface area contributed by atoms with Crippen molar-refractivity contribution in [2.75, 3.05) is 32.4 Å². The van der Waals surface area contributed by atoms with Crippen LogP contribution in [-0.2, 0) is 9.59 Å². The highest BCUT2D eigenvalue weighted by Gasteiger charge is 2.40. The number of aliphatic carboxylic acids is 1. The highest BCUT2D eigenvalue weighted by Crippen LogP contribution is 2.40. The number of amides is 1. The molecule has 0 aliphatic carbocycles. The maximum atomic E-state index is 12.8. The number of hydrogen-bond donors (Lipinski definition) is 2. The lowest BCUT2D eigenvalue weighted by Gasteiger charge is -2.25. The number of likely N-dealkylation sites (N-methyl/N-ethyl adjacent to an activating group) is 1. The van der Waals surface area contributed by atoms with Gasteiger partial charge in [0.1, 0.15) is 0 Å². The van der Waals surface area contributed by atoms with Gasteiger partial charge in [-0.1, -0.05) is 18.2 Å². The molecule has 1 aromatic rings. The third-order valence-corrected chi connectivity index (χ3v) is 5.70. The molecule has 1 aromatic carbocycles. The Morgan fingerprint density at radius 3 is 2.83 bits per heavy atom. The van der Waals surface area contributed by atoms with Crippen molar-refractivity contribution >= 4 is 23.6 Å². The summed E-state index contributed by atoms with van der Waals surface area (Å²) in [6, 6.07) is 7.58. The van der Waals surface area contributed by atoms with Gasteiger partial charge < -0.3 is 15.1 Å². The van der Waals surface area contributed by atoms with Crippen molar-refractivity contribution in [2.24, 2.45) is 0 Å². The van der Waals surface area contributed by atoms with Crippen molar-refractivity contribution in [1.82, 2.24) is 9.80 Å². The molecule has 2 aliphatic heterocycles. The number of carbonyl (C=O) groups is 2. The molecule has 0 radical (unpaired) electrons. The van der Waals surface area contributed by atoms with Gasteiger partial charge in [0, 0.05) is 23.7 Å². The molecule has 0 spiro atoms. The topological polar surface area (TPSA) is 81.1 Å². The molecule has 3 rings (SSSR count). The number of β-amino-alcohol motifs (C(OH)–C–C–N with tert-alkyl or cyclic N) is 1. The van der Waals surface area contributed by atoms with E-state index in [0.717, 1.165) is 16.2 Å². The number of carbonyl (C=O) groups excluding carboxylic acids is 1. The molecule has 0 saturated carbocycles. The molecular weight excluding hydrogens is 316 g/mol. The molecule has 2 heterocycles. The average Bonchev–Trinajstić information content (AvgIpc) is 3.09. The molecule has 3 atom stereocenters. The first-order valence-corrected chi connectivity index (χ1v) is 8.56.